The molecular weight excluding hydrogens is 593 g/mol. The summed E-state index contributed by atoms with van der Waals surface area (Å²) in [6.45, 7) is 9.24. The van der Waals surface area contributed by atoms with E-state index in [-0.39, 0.29) is 0 Å². The van der Waals surface area contributed by atoms with Crippen LogP contribution in [0.5, 0.6) is 0 Å². The van der Waals surface area contributed by atoms with Gasteiger partial charge in [0, 0.05) is 0 Å². The van der Waals surface area contributed by atoms with Gasteiger partial charge in [-0.25, -0.2) is 0 Å². The molecule has 0 spiro atoms. The van der Waals surface area contributed by atoms with Crippen molar-refractivity contribution in [3.63, 3.8) is 0 Å². The lowest BCUT2D eigenvalue weighted by Gasteiger charge is -2.56. The monoisotopic (exact) mass is 634 g/mol. The van der Waals surface area contributed by atoms with Gasteiger partial charge in [-0.15, -0.1) is 0 Å². The Labute approximate surface area is 276 Å². The summed E-state index contributed by atoms with van der Waals surface area (Å²) in [6.07, 6.45) is 0. The fourth-order valence-corrected chi connectivity index (χ4v) is 11.3. The van der Waals surface area contributed by atoms with Crippen molar-refractivity contribution < 1.29 is 8.85 Å². The number of hydrogen-bond donors (Lipinski definition) is 0. The minimum Gasteiger partial charge on any atom is -0.396 e. The predicted molar refractivity (Wildman–Crippen MR) is 197 cm³/mol. The molecular formula is C42H42O2Si2. The molecule has 0 bridgehead atoms. The summed E-state index contributed by atoms with van der Waals surface area (Å²) in [5.74, 6) is 0. The lowest BCUT2D eigenvalue weighted by Crippen LogP contribution is -2.65. The number of hydrogen-bond acceptors (Lipinski definition) is 2. The second kappa shape index (κ2) is 13.2. The van der Waals surface area contributed by atoms with Crippen LogP contribution in [0, 0.1) is 0 Å². The van der Waals surface area contributed by atoms with Gasteiger partial charge in [-0.1, -0.05) is 182 Å². The first-order valence-electron chi connectivity index (χ1n) is 16.0. The van der Waals surface area contributed by atoms with Gasteiger partial charge in [0.25, 0.3) is 0 Å². The minimum absolute atomic E-state index is 1.04. The van der Waals surface area contributed by atoms with E-state index < -0.39 is 27.8 Å². The average molecular weight is 635 g/mol. The van der Waals surface area contributed by atoms with E-state index in [4.69, 9.17) is 8.85 Å². The molecule has 2 nitrogen and oxygen atoms in total. The molecule has 6 rings (SSSR count). The van der Waals surface area contributed by atoms with Gasteiger partial charge in [-0.3, -0.25) is 0 Å². The van der Waals surface area contributed by atoms with E-state index in [1.165, 1.54) is 10.4 Å². The summed E-state index contributed by atoms with van der Waals surface area (Å²) in [5.41, 5.74) is 1.99. The van der Waals surface area contributed by atoms with Crippen LogP contribution in [0.15, 0.2) is 182 Å². The first-order valence-corrected chi connectivity index (χ1v) is 21.8. The highest BCUT2D eigenvalue weighted by Crippen LogP contribution is 2.56. The zero-order chi connectivity index (χ0) is 32.1. The molecule has 0 N–H and O–H groups in total. The molecule has 0 amide bonds. The highest BCUT2D eigenvalue weighted by atomic mass is 28.4. The third kappa shape index (κ3) is 5.85. The molecule has 230 valence electrons. The maximum atomic E-state index is 8.08. The van der Waals surface area contributed by atoms with Crippen LogP contribution < -0.4 is 10.4 Å². The van der Waals surface area contributed by atoms with Crippen molar-refractivity contribution in [1.82, 2.24) is 0 Å². The van der Waals surface area contributed by atoms with Crippen molar-refractivity contribution in [2.45, 2.75) is 37.4 Å². The largest absolute Gasteiger partial charge is 0.396 e. The molecule has 0 saturated heterocycles. The highest BCUT2D eigenvalue weighted by Gasteiger charge is 2.62. The van der Waals surface area contributed by atoms with Crippen molar-refractivity contribution >= 4 is 27.0 Å². The molecule has 4 heteroatoms. The van der Waals surface area contributed by atoms with Gasteiger partial charge in [0.2, 0.25) is 16.6 Å². The van der Waals surface area contributed by atoms with Crippen molar-refractivity contribution in [2.75, 3.05) is 0 Å². The predicted octanol–water partition coefficient (Wildman–Crippen LogP) is 9.13. The third-order valence-corrected chi connectivity index (χ3v) is 14.1. The van der Waals surface area contributed by atoms with E-state index in [1.54, 1.807) is 0 Å². The molecule has 0 aliphatic heterocycles. The second-order valence-corrected chi connectivity index (χ2v) is 20.4. The SMILES string of the molecule is C[Si](C)(OC(c1ccccc1)(c1ccccc1)C(O[Si](C)(C)c1ccccc1)(c1ccccc1)c1ccccc1)c1ccccc1. The van der Waals surface area contributed by atoms with Gasteiger partial charge in [-0.2, -0.15) is 0 Å². The molecule has 0 aromatic heterocycles. The lowest BCUT2D eigenvalue weighted by atomic mass is 9.66. The van der Waals surface area contributed by atoms with Crippen LogP contribution in [0.3, 0.4) is 0 Å². The van der Waals surface area contributed by atoms with Crippen molar-refractivity contribution in [3.8, 4) is 0 Å². The fraction of sp³-hybridized carbons (Fsp3) is 0.143. The normalized spacial score (nSPS) is 12.5. The van der Waals surface area contributed by atoms with Gasteiger partial charge in [0.05, 0.1) is 0 Å². The Bertz CT molecular complexity index is 1590. The molecule has 0 radical (unpaired) electrons. The molecule has 6 aromatic carbocycles. The molecule has 0 fully saturated rings. The van der Waals surface area contributed by atoms with Gasteiger partial charge < -0.3 is 8.85 Å². The maximum absolute atomic E-state index is 8.08. The summed E-state index contributed by atoms with van der Waals surface area (Å²) in [7, 11) is -5.35. The molecule has 0 unspecified atom stereocenters. The Kier molecular flexibility index (Phi) is 9.07. The Morgan fingerprint density at radius 1 is 0.304 bits per heavy atom. The molecule has 0 aliphatic rings. The quantitative estimate of drug-likeness (QED) is 0.132. The zero-order valence-electron chi connectivity index (χ0n) is 27.1. The lowest BCUT2D eigenvalue weighted by molar-refractivity contribution is -0.0862. The van der Waals surface area contributed by atoms with E-state index in [0.717, 1.165) is 22.3 Å². The Balaban J connectivity index is 1.80. The van der Waals surface area contributed by atoms with Crippen molar-refractivity contribution in [2.24, 2.45) is 0 Å². The van der Waals surface area contributed by atoms with E-state index in [1.807, 2.05) is 0 Å². The van der Waals surface area contributed by atoms with Gasteiger partial charge in [0.1, 0.15) is 11.2 Å². The summed E-state index contributed by atoms with van der Waals surface area (Å²) in [6, 6.07) is 64.4. The van der Waals surface area contributed by atoms with Crippen molar-refractivity contribution in [3.05, 3.63) is 204 Å². The molecule has 6 aromatic rings. The first kappa shape index (κ1) is 31.6. The molecule has 0 heterocycles. The number of rotatable bonds is 11. The van der Waals surface area contributed by atoms with Crippen LogP contribution >= 0.6 is 0 Å². The van der Waals surface area contributed by atoms with Crippen LogP contribution in [0.25, 0.3) is 0 Å². The summed E-state index contributed by atoms with van der Waals surface area (Å²) in [5, 5.41) is 2.45. The zero-order valence-corrected chi connectivity index (χ0v) is 29.1. The topological polar surface area (TPSA) is 18.5 Å². The Hall–Kier alpha value is -4.33. The van der Waals surface area contributed by atoms with Crippen LogP contribution in [0.2, 0.25) is 26.2 Å². The average Bonchev–Trinajstić information content (AvgIpc) is 3.12. The smallest absolute Gasteiger partial charge is 0.220 e. The van der Waals surface area contributed by atoms with E-state index >= 15 is 0 Å². The van der Waals surface area contributed by atoms with Gasteiger partial charge >= 0.3 is 0 Å². The Morgan fingerprint density at radius 2 is 0.500 bits per heavy atom. The second-order valence-electron chi connectivity index (χ2n) is 12.8. The van der Waals surface area contributed by atoms with E-state index in [0.29, 0.717) is 0 Å². The van der Waals surface area contributed by atoms with E-state index in [9.17, 15) is 0 Å². The van der Waals surface area contributed by atoms with E-state index in [2.05, 4.69) is 208 Å². The molecule has 46 heavy (non-hydrogen) atoms. The molecule has 0 saturated carbocycles. The third-order valence-electron chi connectivity index (χ3n) is 8.97. The van der Waals surface area contributed by atoms with Crippen LogP contribution in [0.4, 0.5) is 0 Å². The summed E-state index contributed by atoms with van der Waals surface area (Å²) < 4.78 is 16.2. The Morgan fingerprint density at radius 3 is 0.717 bits per heavy atom. The summed E-state index contributed by atoms with van der Waals surface area (Å²) in [4.78, 5) is 0. The van der Waals surface area contributed by atoms with Crippen LogP contribution in [0.1, 0.15) is 22.3 Å². The first-order chi connectivity index (χ1) is 22.3. The maximum Gasteiger partial charge on any atom is 0.220 e. The summed E-state index contributed by atoms with van der Waals surface area (Å²) >= 11 is 0. The van der Waals surface area contributed by atoms with Crippen LogP contribution in [-0.2, 0) is 20.1 Å². The molecule has 0 aliphatic carbocycles. The van der Waals surface area contributed by atoms with Gasteiger partial charge in [0.15, 0.2) is 0 Å². The highest BCUT2D eigenvalue weighted by molar-refractivity contribution is 6.85. The standard InChI is InChI=1S/C42H42O2Si2/c1-45(2,39-31-19-9-20-32-39)43-41(35-23-11-5-12-24-35,36-25-13-6-14-26-36)42(37-27-15-7-16-28-37,38-29-17-8-18-30-38)44-46(3,4)40-33-21-10-22-34-40/h5-34H,1-4H3. The van der Waals surface area contributed by atoms with Crippen molar-refractivity contribution in [1.29, 1.82) is 0 Å². The van der Waals surface area contributed by atoms with Crippen LogP contribution in [-0.4, -0.2) is 16.6 Å². The minimum atomic E-state index is -2.68. The molecule has 0 atom stereocenters. The fourth-order valence-electron chi connectivity index (χ4n) is 6.78. The number of benzene rings is 6. The van der Waals surface area contributed by atoms with Gasteiger partial charge in [-0.05, 0) is 58.8 Å².